The monoisotopic (exact) mass is 215 g/mol. The molecule has 0 bridgehead atoms. The lowest BCUT2D eigenvalue weighted by atomic mass is 10.2. The van der Waals surface area contributed by atoms with Crippen molar-refractivity contribution in [1.29, 1.82) is 0 Å². The fourth-order valence-electron chi connectivity index (χ4n) is 1.42. The van der Waals surface area contributed by atoms with E-state index in [0.717, 1.165) is 12.8 Å². The van der Waals surface area contributed by atoms with E-state index in [2.05, 4.69) is 5.32 Å². The maximum atomic E-state index is 11.4. The Hall–Kier alpha value is -1.10. The number of carbonyl (C=O) groups is 2. The van der Waals surface area contributed by atoms with E-state index in [9.17, 15) is 9.59 Å². The van der Waals surface area contributed by atoms with Crippen molar-refractivity contribution in [3.05, 3.63) is 0 Å². The van der Waals surface area contributed by atoms with E-state index < -0.39 is 0 Å². The zero-order valence-electron chi connectivity index (χ0n) is 8.95. The summed E-state index contributed by atoms with van der Waals surface area (Å²) in [6, 6.07) is 0. The molecule has 1 rings (SSSR count). The van der Waals surface area contributed by atoms with Crippen molar-refractivity contribution in [2.75, 3.05) is 19.8 Å². The molecule has 0 aromatic heterocycles. The molecule has 0 aliphatic carbocycles. The molecular weight excluding hydrogens is 198 g/mol. The van der Waals surface area contributed by atoms with Crippen LogP contribution in [0.1, 0.15) is 26.2 Å². The summed E-state index contributed by atoms with van der Waals surface area (Å²) in [4.78, 5) is 22.3. The summed E-state index contributed by atoms with van der Waals surface area (Å²) in [6.07, 6.45) is 1.58. The third-order valence-corrected chi connectivity index (χ3v) is 2.16. The van der Waals surface area contributed by atoms with Crippen molar-refractivity contribution in [1.82, 2.24) is 5.32 Å². The number of amides is 1. The quantitative estimate of drug-likeness (QED) is 0.667. The van der Waals surface area contributed by atoms with Crippen molar-refractivity contribution < 1.29 is 19.1 Å². The van der Waals surface area contributed by atoms with Crippen LogP contribution in [0.25, 0.3) is 0 Å². The second-order valence-corrected chi connectivity index (χ2v) is 3.35. The minimum absolute atomic E-state index is 0.128. The number of esters is 1. The fraction of sp³-hybridized carbons (Fsp3) is 0.800. The highest BCUT2D eigenvalue weighted by Gasteiger charge is 2.22. The average molecular weight is 215 g/mol. The summed E-state index contributed by atoms with van der Waals surface area (Å²) in [5.74, 6) is -0.415. The molecule has 1 saturated heterocycles. The van der Waals surface area contributed by atoms with Crippen molar-refractivity contribution in [2.24, 2.45) is 0 Å². The molecule has 1 heterocycles. The molecular formula is C10H17NO4. The second-order valence-electron chi connectivity index (χ2n) is 3.35. The van der Waals surface area contributed by atoms with Gasteiger partial charge in [0, 0.05) is 13.2 Å². The molecule has 0 radical (unpaired) electrons. The third-order valence-electron chi connectivity index (χ3n) is 2.16. The molecule has 1 amide bonds. The molecule has 86 valence electrons. The average Bonchev–Trinajstić information content (AvgIpc) is 2.70. The van der Waals surface area contributed by atoms with Gasteiger partial charge in [-0.1, -0.05) is 0 Å². The van der Waals surface area contributed by atoms with Crippen LogP contribution in [0.3, 0.4) is 0 Å². The Labute approximate surface area is 89.1 Å². The van der Waals surface area contributed by atoms with E-state index >= 15 is 0 Å². The van der Waals surface area contributed by atoms with Gasteiger partial charge in [0.05, 0.1) is 13.0 Å². The lowest BCUT2D eigenvalue weighted by Crippen LogP contribution is -2.35. The van der Waals surface area contributed by atoms with Gasteiger partial charge < -0.3 is 14.8 Å². The lowest BCUT2D eigenvalue weighted by Gasteiger charge is -2.09. The molecule has 5 heteroatoms. The molecule has 5 nitrogen and oxygen atoms in total. The summed E-state index contributed by atoms with van der Waals surface area (Å²) < 4.78 is 9.92. The molecule has 1 fully saturated rings. The minimum atomic E-state index is -0.327. The molecule has 1 N–H and O–H groups in total. The van der Waals surface area contributed by atoms with Crippen LogP contribution in [0.4, 0.5) is 0 Å². The smallest absolute Gasteiger partial charge is 0.307 e. The van der Waals surface area contributed by atoms with Gasteiger partial charge in [-0.05, 0) is 19.8 Å². The van der Waals surface area contributed by atoms with Crippen LogP contribution in [0.15, 0.2) is 0 Å². The lowest BCUT2D eigenvalue weighted by molar-refractivity contribution is -0.143. The number of ether oxygens (including phenoxy) is 2. The van der Waals surface area contributed by atoms with Crippen LogP contribution < -0.4 is 5.32 Å². The van der Waals surface area contributed by atoms with Gasteiger partial charge in [0.2, 0.25) is 5.91 Å². The molecule has 0 aromatic carbocycles. The first-order chi connectivity index (χ1) is 7.24. The Morgan fingerprint density at radius 3 is 2.93 bits per heavy atom. The number of hydrogen-bond acceptors (Lipinski definition) is 4. The Balaban J connectivity index is 2.08. The summed E-state index contributed by atoms with van der Waals surface area (Å²) >= 11 is 0. The Morgan fingerprint density at radius 2 is 2.33 bits per heavy atom. The van der Waals surface area contributed by atoms with Gasteiger partial charge in [0.25, 0.3) is 0 Å². The predicted molar refractivity (Wildman–Crippen MR) is 53.2 cm³/mol. The van der Waals surface area contributed by atoms with E-state index in [-0.39, 0.29) is 24.4 Å². The van der Waals surface area contributed by atoms with E-state index in [0.29, 0.717) is 19.8 Å². The number of hydrogen-bond donors (Lipinski definition) is 1. The standard InChI is InChI=1S/C10H17NO4/c1-2-14-9(12)5-6-11-10(13)8-4-3-7-15-8/h8H,2-7H2,1H3,(H,11,13). The Kier molecular flexibility index (Phi) is 5.10. The Morgan fingerprint density at radius 1 is 1.53 bits per heavy atom. The largest absolute Gasteiger partial charge is 0.466 e. The van der Waals surface area contributed by atoms with Crippen LogP contribution in [0.5, 0.6) is 0 Å². The number of nitrogens with one attached hydrogen (secondary N) is 1. The van der Waals surface area contributed by atoms with Gasteiger partial charge >= 0.3 is 5.97 Å². The van der Waals surface area contributed by atoms with Gasteiger partial charge in [-0.15, -0.1) is 0 Å². The van der Waals surface area contributed by atoms with Crippen LogP contribution in [-0.4, -0.2) is 37.7 Å². The third kappa shape index (κ3) is 4.29. The molecule has 15 heavy (non-hydrogen) atoms. The van der Waals surface area contributed by atoms with Gasteiger partial charge in [0.15, 0.2) is 0 Å². The van der Waals surface area contributed by atoms with Crippen LogP contribution >= 0.6 is 0 Å². The van der Waals surface area contributed by atoms with E-state index in [1.807, 2.05) is 0 Å². The number of rotatable bonds is 5. The SMILES string of the molecule is CCOC(=O)CCNC(=O)C1CCCO1. The molecule has 1 aliphatic rings. The van der Waals surface area contributed by atoms with Crippen LogP contribution in [0, 0.1) is 0 Å². The molecule has 1 unspecified atom stereocenters. The molecule has 0 aromatic rings. The summed E-state index contributed by atoms with van der Waals surface area (Å²) in [5.41, 5.74) is 0. The minimum Gasteiger partial charge on any atom is -0.466 e. The van der Waals surface area contributed by atoms with E-state index in [1.54, 1.807) is 6.92 Å². The highest BCUT2D eigenvalue weighted by atomic mass is 16.5. The Bertz CT molecular complexity index is 223. The summed E-state index contributed by atoms with van der Waals surface area (Å²) in [7, 11) is 0. The zero-order valence-corrected chi connectivity index (χ0v) is 8.95. The van der Waals surface area contributed by atoms with Gasteiger partial charge in [0.1, 0.15) is 6.10 Å². The number of carbonyl (C=O) groups excluding carboxylic acids is 2. The fourth-order valence-corrected chi connectivity index (χ4v) is 1.42. The maximum Gasteiger partial charge on any atom is 0.307 e. The first-order valence-electron chi connectivity index (χ1n) is 5.29. The van der Waals surface area contributed by atoms with Crippen molar-refractivity contribution >= 4 is 11.9 Å². The highest BCUT2D eigenvalue weighted by Crippen LogP contribution is 2.11. The first-order valence-corrected chi connectivity index (χ1v) is 5.29. The summed E-state index contributed by atoms with van der Waals surface area (Å²) in [5, 5.41) is 2.65. The molecule has 1 atom stereocenters. The van der Waals surface area contributed by atoms with Gasteiger partial charge in [-0.25, -0.2) is 0 Å². The summed E-state index contributed by atoms with van der Waals surface area (Å²) in [6.45, 7) is 3.09. The van der Waals surface area contributed by atoms with Crippen molar-refractivity contribution in [3.63, 3.8) is 0 Å². The molecule has 0 spiro atoms. The maximum absolute atomic E-state index is 11.4. The molecule has 1 aliphatic heterocycles. The normalized spacial score (nSPS) is 19.9. The van der Waals surface area contributed by atoms with Crippen molar-refractivity contribution in [2.45, 2.75) is 32.3 Å². The highest BCUT2D eigenvalue weighted by molar-refractivity contribution is 5.81. The van der Waals surface area contributed by atoms with Gasteiger partial charge in [-0.3, -0.25) is 9.59 Å². The van der Waals surface area contributed by atoms with Gasteiger partial charge in [-0.2, -0.15) is 0 Å². The zero-order chi connectivity index (χ0) is 11.1. The van der Waals surface area contributed by atoms with E-state index in [4.69, 9.17) is 9.47 Å². The van der Waals surface area contributed by atoms with Crippen LogP contribution in [0.2, 0.25) is 0 Å². The second kappa shape index (κ2) is 6.40. The van der Waals surface area contributed by atoms with Crippen molar-refractivity contribution in [3.8, 4) is 0 Å². The first kappa shape index (κ1) is 12.0. The van der Waals surface area contributed by atoms with E-state index in [1.165, 1.54) is 0 Å². The van der Waals surface area contributed by atoms with Crippen LogP contribution in [-0.2, 0) is 19.1 Å². The topological polar surface area (TPSA) is 64.6 Å². The predicted octanol–water partition coefficient (Wildman–Crippen LogP) is 0.235. The molecule has 0 saturated carbocycles.